The standard InChI is InChI=1S/C16H20N2OS/c1-5-14-17-15(11(4)16(20)18-14)12-6-8-13(9-7-12)19-10(2)3/h6-10H,5H2,1-4H3,(H,17,18,20). The van der Waals surface area contributed by atoms with Crippen LogP contribution in [0.15, 0.2) is 24.3 Å². The minimum atomic E-state index is 0.181. The molecule has 0 aliphatic carbocycles. The molecule has 0 spiro atoms. The first kappa shape index (κ1) is 14.7. The third-order valence-corrected chi connectivity index (χ3v) is 3.45. The summed E-state index contributed by atoms with van der Waals surface area (Å²) in [6, 6.07) is 8.06. The Morgan fingerprint density at radius 1 is 1.25 bits per heavy atom. The number of nitrogens with one attached hydrogen (secondary N) is 1. The van der Waals surface area contributed by atoms with Crippen LogP contribution in [-0.4, -0.2) is 16.1 Å². The molecule has 1 aromatic carbocycles. The van der Waals surface area contributed by atoms with Crippen molar-refractivity contribution in [2.45, 2.75) is 40.2 Å². The summed E-state index contributed by atoms with van der Waals surface area (Å²) in [5.41, 5.74) is 3.15. The van der Waals surface area contributed by atoms with Gasteiger partial charge in [-0.25, -0.2) is 4.98 Å². The average molecular weight is 288 g/mol. The van der Waals surface area contributed by atoms with Crippen molar-refractivity contribution >= 4 is 12.2 Å². The molecule has 1 aromatic heterocycles. The Morgan fingerprint density at radius 3 is 2.45 bits per heavy atom. The number of benzene rings is 1. The van der Waals surface area contributed by atoms with E-state index in [0.29, 0.717) is 4.64 Å². The minimum Gasteiger partial charge on any atom is -0.491 e. The quantitative estimate of drug-likeness (QED) is 0.844. The first-order valence-corrected chi connectivity index (χ1v) is 7.29. The number of aromatic amines is 1. The fourth-order valence-electron chi connectivity index (χ4n) is 2.01. The van der Waals surface area contributed by atoms with Gasteiger partial charge in [-0.15, -0.1) is 0 Å². The lowest BCUT2D eigenvalue weighted by atomic mass is 10.1. The molecule has 2 rings (SSSR count). The molecule has 0 aliphatic rings. The monoisotopic (exact) mass is 288 g/mol. The lowest BCUT2D eigenvalue weighted by Crippen LogP contribution is -2.05. The molecule has 0 atom stereocenters. The van der Waals surface area contributed by atoms with Crippen molar-refractivity contribution in [3.63, 3.8) is 0 Å². The Morgan fingerprint density at radius 2 is 1.90 bits per heavy atom. The fourth-order valence-corrected chi connectivity index (χ4v) is 2.22. The van der Waals surface area contributed by atoms with Crippen LogP contribution in [0, 0.1) is 11.6 Å². The van der Waals surface area contributed by atoms with Crippen molar-refractivity contribution in [2.24, 2.45) is 0 Å². The number of nitrogens with zero attached hydrogens (tertiary/aromatic N) is 1. The first-order chi connectivity index (χ1) is 9.51. The molecule has 0 amide bonds. The molecular weight excluding hydrogens is 268 g/mol. The molecule has 0 bridgehead atoms. The van der Waals surface area contributed by atoms with E-state index in [9.17, 15) is 0 Å². The largest absolute Gasteiger partial charge is 0.491 e. The number of rotatable bonds is 4. The lowest BCUT2D eigenvalue weighted by Gasteiger charge is -2.12. The van der Waals surface area contributed by atoms with Crippen molar-refractivity contribution in [1.29, 1.82) is 0 Å². The number of ether oxygens (including phenoxy) is 1. The molecule has 1 N–H and O–H groups in total. The van der Waals surface area contributed by atoms with Crippen molar-refractivity contribution < 1.29 is 4.74 Å². The van der Waals surface area contributed by atoms with E-state index in [-0.39, 0.29) is 6.10 Å². The normalized spacial score (nSPS) is 10.8. The zero-order chi connectivity index (χ0) is 14.7. The highest BCUT2D eigenvalue weighted by Crippen LogP contribution is 2.24. The summed E-state index contributed by atoms with van der Waals surface area (Å²) in [6.45, 7) is 8.10. The van der Waals surface area contributed by atoms with Gasteiger partial charge in [-0.3, -0.25) is 0 Å². The van der Waals surface area contributed by atoms with Gasteiger partial charge in [-0.1, -0.05) is 19.1 Å². The topological polar surface area (TPSA) is 37.9 Å². The van der Waals surface area contributed by atoms with E-state index in [4.69, 9.17) is 17.0 Å². The maximum absolute atomic E-state index is 5.66. The summed E-state index contributed by atoms with van der Waals surface area (Å²) >= 11 is 5.32. The van der Waals surface area contributed by atoms with Crippen LogP contribution in [0.2, 0.25) is 0 Å². The van der Waals surface area contributed by atoms with E-state index in [2.05, 4.69) is 16.9 Å². The maximum atomic E-state index is 5.66. The van der Waals surface area contributed by atoms with Crippen LogP contribution in [0.4, 0.5) is 0 Å². The minimum absolute atomic E-state index is 0.181. The molecule has 4 heteroatoms. The molecule has 0 saturated carbocycles. The number of aryl methyl sites for hydroxylation is 1. The molecule has 1 heterocycles. The van der Waals surface area contributed by atoms with E-state index in [0.717, 1.165) is 34.8 Å². The van der Waals surface area contributed by atoms with Crippen molar-refractivity contribution in [1.82, 2.24) is 9.97 Å². The van der Waals surface area contributed by atoms with Gasteiger partial charge in [-0.05, 0) is 50.6 Å². The van der Waals surface area contributed by atoms with Gasteiger partial charge in [0.15, 0.2) is 0 Å². The molecular formula is C16H20N2OS. The molecule has 2 aromatic rings. The van der Waals surface area contributed by atoms with Gasteiger partial charge >= 0.3 is 0 Å². The molecule has 0 aliphatic heterocycles. The Kier molecular flexibility index (Phi) is 4.55. The molecule has 0 radical (unpaired) electrons. The Labute approximate surface area is 125 Å². The molecule has 20 heavy (non-hydrogen) atoms. The zero-order valence-corrected chi connectivity index (χ0v) is 13.2. The highest BCUT2D eigenvalue weighted by Gasteiger charge is 2.07. The Hall–Kier alpha value is -1.68. The van der Waals surface area contributed by atoms with Gasteiger partial charge in [0.25, 0.3) is 0 Å². The van der Waals surface area contributed by atoms with Crippen LogP contribution in [0.5, 0.6) is 5.75 Å². The summed E-state index contributed by atoms with van der Waals surface area (Å²) in [6.07, 6.45) is 1.02. The van der Waals surface area contributed by atoms with Crippen molar-refractivity contribution in [3.8, 4) is 17.0 Å². The third kappa shape index (κ3) is 3.25. The second-order valence-corrected chi connectivity index (χ2v) is 5.42. The second kappa shape index (κ2) is 6.18. The zero-order valence-electron chi connectivity index (χ0n) is 12.4. The average Bonchev–Trinajstić information content (AvgIpc) is 2.42. The number of hydrogen-bond donors (Lipinski definition) is 1. The third-order valence-electron chi connectivity index (χ3n) is 3.05. The molecule has 0 saturated heterocycles. The maximum Gasteiger partial charge on any atom is 0.133 e. The lowest BCUT2D eigenvalue weighted by molar-refractivity contribution is 0.242. The number of aromatic nitrogens is 2. The van der Waals surface area contributed by atoms with Crippen LogP contribution in [0.1, 0.15) is 32.2 Å². The van der Waals surface area contributed by atoms with E-state index in [1.165, 1.54) is 0 Å². The van der Waals surface area contributed by atoms with Crippen molar-refractivity contribution in [2.75, 3.05) is 0 Å². The van der Waals surface area contributed by atoms with E-state index >= 15 is 0 Å². The summed E-state index contributed by atoms with van der Waals surface area (Å²) in [4.78, 5) is 7.73. The van der Waals surface area contributed by atoms with Gasteiger partial charge in [0, 0.05) is 12.0 Å². The van der Waals surface area contributed by atoms with Crippen LogP contribution in [0.25, 0.3) is 11.3 Å². The van der Waals surface area contributed by atoms with Crippen molar-refractivity contribution in [3.05, 3.63) is 40.3 Å². The van der Waals surface area contributed by atoms with Crippen LogP contribution in [-0.2, 0) is 6.42 Å². The molecule has 0 fully saturated rings. The Bertz CT molecular complexity index is 645. The fraction of sp³-hybridized carbons (Fsp3) is 0.375. The van der Waals surface area contributed by atoms with Crippen LogP contribution in [0.3, 0.4) is 0 Å². The summed E-state index contributed by atoms with van der Waals surface area (Å²) in [5, 5.41) is 0. The summed E-state index contributed by atoms with van der Waals surface area (Å²) in [5.74, 6) is 1.79. The van der Waals surface area contributed by atoms with Crippen LogP contribution >= 0.6 is 12.2 Å². The second-order valence-electron chi connectivity index (χ2n) is 5.03. The molecule has 106 valence electrons. The van der Waals surface area contributed by atoms with E-state index < -0.39 is 0 Å². The SMILES string of the molecule is CCc1nc(=S)c(C)c(-c2ccc(OC(C)C)cc2)[nH]1. The predicted molar refractivity (Wildman–Crippen MR) is 84.7 cm³/mol. The van der Waals surface area contributed by atoms with Crippen LogP contribution < -0.4 is 4.74 Å². The van der Waals surface area contributed by atoms with Gasteiger partial charge < -0.3 is 9.72 Å². The van der Waals surface area contributed by atoms with E-state index in [1.54, 1.807) is 0 Å². The first-order valence-electron chi connectivity index (χ1n) is 6.88. The molecule has 3 nitrogen and oxygen atoms in total. The smallest absolute Gasteiger partial charge is 0.133 e. The summed E-state index contributed by atoms with van der Waals surface area (Å²) in [7, 11) is 0. The molecule has 0 unspecified atom stereocenters. The number of hydrogen-bond acceptors (Lipinski definition) is 3. The highest BCUT2D eigenvalue weighted by molar-refractivity contribution is 7.71. The van der Waals surface area contributed by atoms with Gasteiger partial charge in [0.05, 0.1) is 11.8 Å². The Balaban J connectivity index is 2.41. The van der Waals surface area contributed by atoms with Gasteiger partial charge in [0.1, 0.15) is 16.2 Å². The number of H-pyrrole nitrogens is 1. The van der Waals surface area contributed by atoms with E-state index in [1.807, 2.05) is 45.0 Å². The van der Waals surface area contributed by atoms with Gasteiger partial charge in [0.2, 0.25) is 0 Å². The highest BCUT2D eigenvalue weighted by atomic mass is 32.1. The summed E-state index contributed by atoms with van der Waals surface area (Å²) < 4.78 is 6.33. The van der Waals surface area contributed by atoms with Gasteiger partial charge in [-0.2, -0.15) is 0 Å². The predicted octanol–water partition coefficient (Wildman–Crippen LogP) is 4.46.